The Kier molecular flexibility index (Phi) is 6.85. The van der Waals surface area contributed by atoms with Crippen molar-refractivity contribution in [3.8, 4) is 23.5 Å². The largest absolute Gasteiger partial charge is 0.481 e. The number of pyridine rings is 1. The van der Waals surface area contributed by atoms with Gasteiger partial charge in [-0.1, -0.05) is 18.2 Å². The molecule has 2 heterocycles. The summed E-state index contributed by atoms with van der Waals surface area (Å²) < 4.78 is 16.0. The topological polar surface area (TPSA) is 103 Å². The predicted octanol–water partition coefficient (Wildman–Crippen LogP) is 3.00. The van der Waals surface area contributed by atoms with Crippen LogP contribution in [0.25, 0.3) is 0 Å². The van der Waals surface area contributed by atoms with Crippen molar-refractivity contribution >= 4 is 29.2 Å². The van der Waals surface area contributed by atoms with Crippen molar-refractivity contribution in [1.82, 2.24) is 20.4 Å². The van der Waals surface area contributed by atoms with Crippen molar-refractivity contribution in [1.29, 1.82) is 0 Å². The smallest absolute Gasteiger partial charge is 0.328 e. The number of thiocarbonyl (C=S) groups is 1. The average Bonchev–Trinajstić information content (AvgIpc) is 2.75. The van der Waals surface area contributed by atoms with Gasteiger partial charge >= 0.3 is 6.01 Å². The van der Waals surface area contributed by atoms with E-state index in [-0.39, 0.29) is 6.01 Å². The van der Waals surface area contributed by atoms with E-state index in [0.29, 0.717) is 28.3 Å². The lowest BCUT2D eigenvalue weighted by atomic mass is 10.3. The van der Waals surface area contributed by atoms with E-state index in [1.807, 2.05) is 30.3 Å². The van der Waals surface area contributed by atoms with Gasteiger partial charge in [0.1, 0.15) is 5.69 Å². The summed E-state index contributed by atoms with van der Waals surface area (Å²) in [4.78, 5) is 12.5. The summed E-state index contributed by atoms with van der Waals surface area (Å²) in [6, 6.07) is 14.5. The maximum atomic E-state index is 5.74. The molecule has 0 aliphatic heterocycles. The number of aromatic nitrogens is 3. The molecule has 0 aliphatic rings. The van der Waals surface area contributed by atoms with Gasteiger partial charge in [-0.3, -0.25) is 10.4 Å². The number of hydrazone groups is 1. The number of hydrogen-bond donors (Lipinski definition) is 2. The number of nitrogens with one attached hydrogen (secondary N) is 2. The summed E-state index contributed by atoms with van der Waals surface area (Å²) in [6.45, 7) is 0. The zero-order valence-corrected chi connectivity index (χ0v) is 16.5. The lowest BCUT2D eigenvalue weighted by Crippen LogP contribution is -2.23. The summed E-state index contributed by atoms with van der Waals surface area (Å²) in [6.07, 6.45) is 3.09. The second-order valence-electron chi connectivity index (χ2n) is 5.41. The van der Waals surface area contributed by atoms with Crippen molar-refractivity contribution in [2.75, 3.05) is 19.5 Å². The predicted molar refractivity (Wildman–Crippen MR) is 113 cm³/mol. The van der Waals surface area contributed by atoms with E-state index < -0.39 is 0 Å². The van der Waals surface area contributed by atoms with Crippen molar-refractivity contribution in [3.63, 3.8) is 0 Å². The number of para-hydroxylation sites is 1. The Hall–Kier alpha value is -3.79. The van der Waals surface area contributed by atoms with Crippen LogP contribution in [0.2, 0.25) is 0 Å². The first-order valence-corrected chi connectivity index (χ1v) is 8.84. The molecule has 10 heteroatoms. The van der Waals surface area contributed by atoms with Crippen LogP contribution in [-0.4, -0.2) is 40.5 Å². The van der Waals surface area contributed by atoms with Gasteiger partial charge < -0.3 is 19.5 Å². The van der Waals surface area contributed by atoms with Gasteiger partial charge in [-0.05, 0) is 36.5 Å². The molecular weight excluding hydrogens is 392 g/mol. The summed E-state index contributed by atoms with van der Waals surface area (Å²) in [5, 5.41) is 7.45. The van der Waals surface area contributed by atoms with Crippen LogP contribution >= 0.6 is 12.2 Å². The van der Waals surface area contributed by atoms with Crippen LogP contribution in [-0.2, 0) is 0 Å². The minimum absolute atomic E-state index is 0.0538. The molecule has 2 aromatic heterocycles. The molecule has 0 bridgehead atoms. The van der Waals surface area contributed by atoms with Gasteiger partial charge in [0.15, 0.2) is 10.9 Å². The third kappa shape index (κ3) is 5.84. The lowest BCUT2D eigenvalue weighted by molar-refractivity contribution is 0.347. The second kappa shape index (κ2) is 9.95. The second-order valence-corrected chi connectivity index (χ2v) is 5.82. The molecule has 0 saturated carbocycles. The number of rotatable bonds is 7. The molecule has 0 saturated heterocycles. The molecule has 0 fully saturated rings. The maximum absolute atomic E-state index is 5.74. The van der Waals surface area contributed by atoms with Crippen molar-refractivity contribution < 1.29 is 14.2 Å². The Balaban J connectivity index is 1.69. The van der Waals surface area contributed by atoms with Crippen LogP contribution in [0, 0.1) is 0 Å². The fourth-order valence-electron chi connectivity index (χ4n) is 2.16. The summed E-state index contributed by atoms with van der Waals surface area (Å²) >= 11 is 5.21. The highest BCUT2D eigenvalue weighted by atomic mass is 32.1. The molecule has 0 unspecified atom stereocenters. The first-order chi connectivity index (χ1) is 14.2. The standard InChI is InChI=1S/C19H18N6O3S/c1-26-16-11-17(27-2)24-18(23-16)28-15-9-6-10-20-14(15)12-21-25-19(29)22-13-7-4-3-5-8-13/h3-12H,1-2H3,(H2,22,25,29). The molecule has 0 aliphatic carbocycles. The van der Waals surface area contributed by atoms with Gasteiger partial charge in [-0.2, -0.15) is 15.1 Å². The molecular formula is C19H18N6O3S. The Bertz CT molecular complexity index is 978. The molecule has 0 atom stereocenters. The van der Waals surface area contributed by atoms with Crippen molar-refractivity contribution in [2.24, 2.45) is 5.10 Å². The highest BCUT2D eigenvalue weighted by molar-refractivity contribution is 7.80. The normalized spacial score (nSPS) is 10.4. The number of methoxy groups -OCH3 is 2. The Labute approximate surface area is 172 Å². The van der Waals surface area contributed by atoms with Gasteiger partial charge in [-0.25, -0.2) is 0 Å². The average molecular weight is 410 g/mol. The Morgan fingerprint density at radius 2 is 1.76 bits per heavy atom. The molecule has 0 spiro atoms. The van der Waals surface area contributed by atoms with E-state index >= 15 is 0 Å². The SMILES string of the molecule is COc1cc(OC)nc(Oc2cccnc2C=NNC(=S)Nc2ccccc2)n1. The fraction of sp³-hybridized carbons (Fsp3) is 0.105. The molecule has 3 rings (SSSR count). The number of nitrogens with zero attached hydrogens (tertiary/aromatic N) is 4. The van der Waals surface area contributed by atoms with Gasteiger partial charge in [0, 0.05) is 11.9 Å². The van der Waals surface area contributed by atoms with E-state index in [4.69, 9.17) is 26.4 Å². The minimum Gasteiger partial charge on any atom is -0.481 e. The number of hydrogen-bond acceptors (Lipinski definition) is 8. The summed E-state index contributed by atoms with van der Waals surface area (Å²) in [7, 11) is 2.98. The van der Waals surface area contributed by atoms with E-state index in [0.717, 1.165) is 5.69 Å². The zero-order chi connectivity index (χ0) is 20.5. The first-order valence-electron chi connectivity index (χ1n) is 8.43. The maximum Gasteiger partial charge on any atom is 0.328 e. The lowest BCUT2D eigenvalue weighted by Gasteiger charge is -2.09. The van der Waals surface area contributed by atoms with Crippen LogP contribution in [0.3, 0.4) is 0 Å². The van der Waals surface area contributed by atoms with Crippen LogP contribution in [0.15, 0.2) is 59.8 Å². The fourth-order valence-corrected chi connectivity index (χ4v) is 2.33. The Morgan fingerprint density at radius 1 is 1.03 bits per heavy atom. The molecule has 3 aromatic rings. The minimum atomic E-state index is 0.0538. The van der Waals surface area contributed by atoms with Gasteiger partial charge in [0.2, 0.25) is 11.8 Å². The van der Waals surface area contributed by atoms with E-state index in [1.54, 1.807) is 24.4 Å². The molecule has 2 N–H and O–H groups in total. The number of anilines is 1. The van der Waals surface area contributed by atoms with Crippen LogP contribution in [0.4, 0.5) is 5.69 Å². The number of benzene rings is 1. The van der Waals surface area contributed by atoms with Crippen LogP contribution in [0.1, 0.15) is 5.69 Å². The van der Waals surface area contributed by atoms with Gasteiger partial charge in [-0.15, -0.1) is 0 Å². The molecule has 1 aromatic carbocycles. The summed E-state index contributed by atoms with van der Waals surface area (Å²) in [5.41, 5.74) is 4.03. The highest BCUT2D eigenvalue weighted by Gasteiger charge is 2.10. The molecule has 148 valence electrons. The number of ether oxygens (including phenoxy) is 3. The summed E-state index contributed by atoms with van der Waals surface area (Å²) in [5.74, 6) is 1.02. The van der Waals surface area contributed by atoms with Crippen molar-refractivity contribution in [3.05, 3.63) is 60.4 Å². The van der Waals surface area contributed by atoms with Crippen LogP contribution < -0.4 is 25.0 Å². The molecule has 0 radical (unpaired) electrons. The molecule has 29 heavy (non-hydrogen) atoms. The Morgan fingerprint density at radius 3 is 2.45 bits per heavy atom. The molecule has 9 nitrogen and oxygen atoms in total. The van der Waals surface area contributed by atoms with E-state index in [1.165, 1.54) is 20.4 Å². The third-order valence-corrected chi connectivity index (χ3v) is 3.66. The highest BCUT2D eigenvalue weighted by Crippen LogP contribution is 2.24. The quantitative estimate of drug-likeness (QED) is 0.346. The van der Waals surface area contributed by atoms with Crippen molar-refractivity contribution in [2.45, 2.75) is 0 Å². The van der Waals surface area contributed by atoms with Gasteiger partial charge in [0.05, 0.1) is 26.5 Å². The monoisotopic (exact) mass is 410 g/mol. The van der Waals surface area contributed by atoms with E-state index in [2.05, 4.69) is 30.8 Å². The van der Waals surface area contributed by atoms with Crippen LogP contribution in [0.5, 0.6) is 23.5 Å². The third-order valence-electron chi connectivity index (χ3n) is 3.46. The van der Waals surface area contributed by atoms with Gasteiger partial charge in [0.25, 0.3) is 0 Å². The molecule has 0 amide bonds. The van der Waals surface area contributed by atoms with E-state index in [9.17, 15) is 0 Å². The first kappa shape index (κ1) is 20.0. The zero-order valence-electron chi connectivity index (χ0n) is 15.7.